The van der Waals surface area contributed by atoms with Crippen molar-refractivity contribution in [2.24, 2.45) is 5.92 Å². The highest BCUT2D eigenvalue weighted by molar-refractivity contribution is 5.77. The Morgan fingerprint density at radius 2 is 1.79 bits per heavy atom. The molecular formula is C23H27N3O2. The topological polar surface area (TPSA) is 69.2 Å². The number of aryl methyl sites for hydroxylation is 1. The standard InChI is InChI=1S/C23H27N3O2/c27-16-19-7-5-17(6-8-19)15-18-11-13-26(14-12-18)23(28)10-9-22-24-20-3-1-2-4-21(20)25-22/h1-8,18,27H,9-16H2,(H,24,25). The predicted molar refractivity (Wildman–Crippen MR) is 110 cm³/mol. The van der Waals surface area contributed by atoms with Crippen molar-refractivity contribution in [3.05, 3.63) is 65.5 Å². The highest BCUT2D eigenvalue weighted by Crippen LogP contribution is 2.23. The van der Waals surface area contributed by atoms with E-state index in [2.05, 4.69) is 22.1 Å². The van der Waals surface area contributed by atoms with Crippen LogP contribution in [-0.2, 0) is 24.2 Å². The molecule has 3 aromatic rings. The van der Waals surface area contributed by atoms with Crippen LogP contribution in [0.4, 0.5) is 0 Å². The maximum atomic E-state index is 12.6. The zero-order chi connectivity index (χ0) is 19.3. The van der Waals surface area contributed by atoms with E-state index in [1.54, 1.807) is 0 Å². The van der Waals surface area contributed by atoms with Crippen LogP contribution < -0.4 is 0 Å². The summed E-state index contributed by atoms with van der Waals surface area (Å²) < 4.78 is 0. The summed E-state index contributed by atoms with van der Waals surface area (Å²) >= 11 is 0. The van der Waals surface area contributed by atoms with Gasteiger partial charge in [0.05, 0.1) is 17.6 Å². The number of nitrogens with zero attached hydrogens (tertiary/aromatic N) is 2. The van der Waals surface area contributed by atoms with Gasteiger partial charge in [-0.25, -0.2) is 4.98 Å². The molecule has 5 nitrogen and oxygen atoms in total. The van der Waals surface area contributed by atoms with Gasteiger partial charge < -0.3 is 15.0 Å². The Morgan fingerprint density at radius 1 is 1.07 bits per heavy atom. The van der Waals surface area contributed by atoms with Crippen LogP contribution in [0.15, 0.2) is 48.5 Å². The molecule has 0 spiro atoms. The number of H-pyrrole nitrogens is 1. The summed E-state index contributed by atoms with van der Waals surface area (Å²) in [5.41, 5.74) is 4.25. The van der Waals surface area contributed by atoms with E-state index in [4.69, 9.17) is 5.11 Å². The summed E-state index contributed by atoms with van der Waals surface area (Å²) in [5.74, 6) is 1.74. The molecule has 0 unspecified atom stereocenters. The molecule has 146 valence electrons. The van der Waals surface area contributed by atoms with Crippen LogP contribution in [-0.4, -0.2) is 39.0 Å². The first-order valence-corrected chi connectivity index (χ1v) is 10.1. The van der Waals surface area contributed by atoms with Crippen molar-refractivity contribution in [1.29, 1.82) is 0 Å². The number of fused-ring (bicyclic) bond motifs is 1. The number of aliphatic hydroxyl groups excluding tert-OH is 1. The zero-order valence-corrected chi connectivity index (χ0v) is 16.1. The minimum absolute atomic E-state index is 0.0921. The summed E-state index contributed by atoms with van der Waals surface area (Å²) in [5, 5.41) is 9.14. The minimum Gasteiger partial charge on any atom is -0.392 e. The number of hydrogen-bond donors (Lipinski definition) is 2. The van der Waals surface area contributed by atoms with Gasteiger partial charge in [0.2, 0.25) is 5.91 Å². The van der Waals surface area contributed by atoms with Gasteiger partial charge in [-0.3, -0.25) is 4.79 Å². The Balaban J connectivity index is 1.24. The number of amides is 1. The Bertz CT molecular complexity index is 891. The molecular weight excluding hydrogens is 350 g/mol. The van der Waals surface area contributed by atoms with Gasteiger partial charge in [0, 0.05) is 25.9 Å². The normalized spacial score (nSPS) is 15.2. The van der Waals surface area contributed by atoms with E-state index in [1.807, 2.05) is 41.3 Å². The van der Waals surface area contributed by atoms with Crippen molar-refractivity contribution >= 4 is 16.9 Å². The van der Waals surface area contributed by atoms with Crippen LogP contribution in [0.1, 0.15) is 36.2 Å². The molecule has 2 aromatic carbocycles. The number of rotatable bonds is 6. The van der Waals surface area contributed by atoms with Gasteiger partial charge in [0.25, 0.3) is 0 Å². The third-order valence-electron chi connectivity index (χ3n) is 5.71. The van der Waals surface area contributed by atoms with Gasteiger partial charge in [-0.1, -0.05) is 36.4 Å². The van der Waals surface area contributed by atoms with Crippen molar-refractivity contribution in [2.75, 3.05) is 13.1 Å². The summed E-state index contributed by atoms with van der Waals surface area (Å²) in [4.78, 5) is 22.4. The van der Waals surface area contributed by atoms with Crippen LogP contribution in [0, 0.1) is 5.92 Å². The summed E-state index contributed by atoms with van der Waals surface area (Å²) in [6.45, 7) is 1.78. The molecule has 1 aliphatic heterocycles. The number of piperidine rings is 1. The fourth-order valence-corrected chi connectivity index (χ4v) is 4.01. The molecule has 4 rings (SSSR count). The fourth-order valence-electron chi connectivity index (χ4n) is 4.01. The maximum absolute atomic E-state index is 12.6. The first-order valence-electron chi connectivity index (χ1n) is 10.1. The lowest BCUT2D eigenvalue weighted by molar-refractivity contribution is -0.132. The van der Waals surface area contributed by atoms with Crippen molar-refractivity contribution in [3.8, 4) is 0 Å². The van der Waals surface area contributed by atoms with Gasteiger partial charge >= 0.3 is 0 Å². The fraction of sp³-hybridized carbons (Fsp3) is 0.391. The highest BCUT2D eigenvalue weighted by Gasteiger charge is 2.23. The summed E-state index contributed by atoms with van der Waals surface area (Å²) in [6, 6.07) is 16.2. The monoisotopic (exact) mass is 377 g/mol. The second-order valence-corrected chi connectivity index (χ2v) is 7.70. The number of aromatic amines is 1. The summed E-state index contributed by atoms with van der Waals surface area (Å²) in [6.07, 6.45) is 4.32. The van der Waals surface area contributed by atoms with Gasteiger partial charge in [-0.15, -0.1) is 0 Å². The number of imidazole rings is 1. The Morgan fingerprint density at radius 3 is 2.50 bits per heavy atom. The predicted octanol–water partition coefficient (Wildman–Crippen LogP) is 3.47. The third kappa shape index (κ3) is 4.42. The number of nitrogens with one attached hydrogen (secondary N) is 1. The Labute approximate surface area is 165 Å². The van der Waals surface area contributed by atoms with Gasteiger partial charge in [-0.05, 0) is 48.4 Å². The number of para-hydroxylation sites is 2. The number of aromatic nitrogens is 2. The van der Waals surface area contributed by atoms with E-state index in [0.717, 1.165) is 54.8 Å². The van der Waals surface area contributed by atoms with Crippen molar-refractivity contribution < 1.29 is 9.90 Å². The molecule has 28 heavy (non-hydrogen) atoms. The molecule has 1 saturated heterocycles. The van der Waals surface area contributed by atoms with Gasteiger partial charge in [0.15, 0.2) is 0 Å². The molecule has 2 heterocycles. The van der Waals surface area contributed by atoms with Crippen molar-refractivity contribution in [2.45, 2.75) is 38.7 Å². The SMILES string of the molecule is O=C(CCc1nc2ccccc2[nH]1)N1CCC(Cc2ccc(CO)cc2)CC1. The van der Waals surface area contributed by atoms with E-state index in [0.29, 0.717) is 18.8 Å². The van der Waals surface area contributed by atoms with E-state index >= 15 is 0 Å². The molecule has 1 aromatic heterocycles. The van der Waals surface area contributed by atoms with Gasteiger partial charge in [-0.2, -0.15) is 0 Å². The number of aliphatic hydroxyl groups is 1. The van der Waals surface area contributed by atoms with Crippen molar-refractivity contribution in [3.63, 3.8) is 0 Å². The third-order valence-corrected chi connectivity index (χ3v) is 5.71. The molecule has 0 aliphatic carbocycles. The smallest absolute Gasteiger partial charge is 0.223 e. The first-order chi connectivity index (χ1) is 13.7. The van der Waals surface area contributed by atoms with E-state index in [1.165, 1.54) is 5.56 Å². The second kappa shape index (κ2) is 8.57. The maximum Gasteiger partial charge on any atom is 0.223 e. The lowest BCUT2D eigenvalue weighted by Crippen LogP contribution is -2.39. The van der Waals surface area contributed by atoms with Crippen LogP contribution >= 0.6 is 0 Å². The van der Waals surface area contributed by atoms with Crippen LogP contribution in [0.25, 0.3) is 11.0 Å². The van der Waals surface area contributed by atoms with Gasteiger partial charge in [0.1, 0.15) is 5.82 Å². The average molecular weight is 377 g/mol. The number of carbonyl (C=O) groups excluding carboxylic acids is 1. The Kier molecular flexibility index (Phi) is 5.72. The largest absolute Gasteiger partial charge is 0.392 e. The first kappa shape index (κ1) is 18.7. The lowest BCUT2D eigenvalue weighted by Gasteiger charge is -2.32. The van der Waals surface area contributed by atoms with E-state index in [9.17, 15) is 4.79 Å². The van der Waals surface area contributed by atoms with Crippen LogP contribution in [0.3, 0.4) is 0 Å². The quantitative estimate of drug-likeness (QED) is 0.691. The van der Waals surface area contributed by atoms with Crippen LogP contribution in [0.2, 0.25) is 0 Å². The van der Waals surface area contributed by atoms with Crippen LogP contribution in [0.5, 0.6) is 0 Å². The number of benzene rings is 2. The summed E-state index contributed by atoms with van der Waals surface area (Å²) in [7, 11) is 0. The van der Waals surface area contributed by atoms with E-state index < -0.39 is 0 Å². The number of likely N-dealkylation sites (tertiary alicyclic amines) is 1. The number of carbonyl (C=O) groups is 1. The second-order valence-electron chi connectivity index (χ2n) is 7.70. The average Bonchev–Trinajstić information content (AvgIpc) is 3.16. The highest BCUT2D eigenvalue weighted by atomic mass is 16.3. The molecule has 1 amide bonds. The number of hydrogen-bond acceptors (Lipinski definition) is 3. The minimum atomic E-state index is 0.0921. The van der Waals surface area contributed by atoms with E-state index in [-0.39, 0.29) is 12.5 Å². The molecule has 0 bridgehead atoms. The molecule has 1 fully saturated rings. The zero-order valence-electron chi connectivity index (χ0n) is 16.1. The van der Waals surface area contributed by atoms with Crippen molar-refractivity contribution in [1.82, 2.24) is 14.9 Å². The molecule has 5 heteroatoms. The molecule has 2 N–H and O–H groups in total. The Hall–Kier alpha value is -2.66. The molecule has 0 radical (unpaired) electrons. The lowest BCUT2D eigenvalue weighted by atomic mass is 9.90. The molecule has 0 saturated carbocycles. The molecule has 1 aliphatic rings. The molecule has 0 atom stereocenters.